The molecule has 0 radical (unpaired) electrons. The lowest BCUT2D eigenvalue weighted by Gasteiger charge is -2.32. The third-order valence-electron chi connectivity index (χ3n) is 4.71. The number of aromatic nitrogens is 3. The number of rotatable bonds is 5. The highest BCUT2D eigenvalue weighted by atomic mass is 32.1. The summed E-state index contributed by atoms with van der Waals surface area (Å²) < 4.78 is 1.73. The third kappa shape index (κ3) is 3.58. The van der Waals surface area contributed by atoms with Crippen LogP contribution < -0.4 is 5.32 Å². The maximum atomic E-state index is 12.4. The molecule has 1 aliphatic rings. The molecule has 0 unspecified atom stereocenters. The zero-order chi connectivity index (χ0) is 18.1. The molecule has 1 aliphatic heterocycles. The number of carbonyl (C=O) groups is 1. The van der Waals surface area contributed by atoms with Gasteiger partial charge in [-0.1, -0.05) is 0 Å². The van der Waals surface area contributed by atoms with Crippen LogP contribution >= 0.6 is 22.7 Å². The van der Waals surface area contributed by atoms with E-state index in [1.165, 1.54) is 21.8 Å². The molecule has 4 rings (SSSR count). The van der Waals surface area contributed by atoms with Gasteiger partial charge in [-0.05, 0) is 30.4 Å². The van der Waals surface area contributed by atoms with E-state index in [0.29, 0.717) is 18.3 Å². The smallest absolute Gasteiger partial charge is 0.270 e. The lowest BCUT2D eigenvalue weighted by Crippen LogP contribution is -2.44. The highest BCUT2D eigenvalue weighted by Crippen LogP contribution is 2.25. The van der Waals surface area contributed by atoms with Crippen molar-refractivity contribution in [3.05, 3.63) is 45.4 Å². The number of aryl methyl sites for hydroxylation is 1. The topological polar surface area (TPSA) is 63.1 Å². The molecule has 1 atom stereocenters. The Morgan fingerprint density at radius 3 is 3.12 bits per heavy atom. The van der Waals surface area contributed by atoms with Crippen LogP contribution in [0.5, 0.6) is 0 Å². The fourth-order valence-electron chi connectivity index (χ4n) is 3.15. The van der Waals surface area contributed by atoms with Gasteiger partial charge in [0.25, 0.3) is 5.91 Å². The van der Waals surface area contributed by atoms with Crippen LogP contribution in [0.1, 0.15) is 27.9 Å². The highest BCUT2D eigenvalue weighted by molar-refractivity contribution is 7.13. The predicted molar refractivity (Wildman–Crippen MR) is 105 cm³/mol. The van der Waals surface area contributed by atoms with Gasteiger partial charge in [-0.15, -0.1) is 22.7 Å². The fraction of sp³-hybridized carbons (Fsp3) is 0.389. The molecule has 0 fully saturated rings. The minimum absolute atomic E-state index is 0.114. The molecule has 3 aromatic heterocycles. The van der Waals surface area contributed by atoms with Crippen LogP contribution in [0.15, 0.2) is 29.2 Å². The number of nitrogens with zero attached hydrogens (tertiary/aromatic N) is 4. The van der Waals surface area contributed by atoms with E-state index in [4.69, 9.17) is 0 Å². The molecule has 0 spiro atoms. The summed E-state index contributed by atoms with van der Waals surface area (Å²) in [5, 5.41) is 12.0. The van der Waals surface area contributed by atoms with Crippen molar-refractivity contribution in [3.8, 4) is 10.6 Å². The summed E-state index contributed by atoms with van der Waals surface area (Å²) in [5.41, 5.74) is 2.84. The number of thiazole rings is 1. The fourth-order valence-corrected chi connectivity index (χ4v) is 4.81. The van der Waals surface area contributed by atoms with Crippen LogP contribution in [0.4, 0.5) is 0 Å². The normalized spacial score (nSPS) is 15.6. The van der Waals surface area contributed by atoms with Gasteiger partial charge in [0.1, 0.15) is 10.7 Å². The number of fused-ring (bicyclic) bond motifs is 1. The van der Waals surface area contributed by atoms with E-state index in [0.717, 1.165) is 30.1 Å². The van der Waals surface area contributed by atoms with Crippen molar-refractivity contribution in [1.82, 2.24) is 25.0 Å². The Balaban J connectivity index is 1.33. The molecule has 1 N–H and O–H groups in total. The van der Waals surface area contributed by atoms with Gasteiger partial charge in [0.15, 0.2) is 0 Å². The summed E-state index contributed by atoms with van der Waals surface area (Å²) in [7, 11) is 1.87. The molecular formula is C18H21N5OS2. The number of nitrogens with one attached hydrogen (secondary N) is 1. The van der Waals surface area contributed by atoms with Crippen LogP contribution in [0.2, 0.25) is 0 Å². The number of amides is 1. The summed E-state index contributed by atoms with van der Waals surface area (Å²) in [4.78, 5) is 20.8. The summed E-state index contributed by atoms with van der Waals surface area (Å²) in [6.07, 6.45) is 4.77. The number of thiophene rings is 1. The molecule has 0 bridgehead atoms. The second-order valence-corrected chi connectivity index (χ2v) is 8.45. The summed E-state index contributed by atoms with van der Waals surface area (Å²) in [5.74, 6) is -0.114. The van der Waals surface area contributed by atoms with Crippen LogP contribution in [0, 0.1) is 0 Å². The quantitative estimate of drug-likeness (QED) is 0.731. The molecule has 8 heteroatoms. The lowest BCUT2D eigenvalue weighted by atomic mass is 10.1. The van der Waals surface area contributed by atoms with E-state index in [1.807, 2.05) is 24.6 Å². The van der Waals surface area contributed by atoms with E-state index in [2.05, 4.69) is 38.7 Å². The Labute approximate surface area is 160 Å². The molecule has 0 aromatic carbocycles. The largest absolute Gasteiger partial charge is 0.349 e. The minimum Gasteiger partial charge on any atom is -0.349 e. The van der Waals surface area contributed by atoms with Crippen molar-refractivity contribution in [2.75, 3.05) is 13.1 Å². The zero-order valence-electron chi connectivity index (χ0n) is 14.8. The van der Waals surface area contributed by atoms with Crippen molar-refractivity contribution in [2.24, 2.45) is 7.05 Å². The van der Waals surface area contributed by atoms with Crippen molar-refractivity contribution in [3.63, 3.8) is 0 Å². The Hall–Kier alpha value is -2.03. The molecule has 0 saturated heterocycles. The molecular weight excluding hydrogens is 366 g/mol. The first-order valence-corrected chi connectivity index (χ1v) is 10.4. The number of hydrogen-bond donors (Lipinski definition) is 1. The monoisotopic (exact) mass is 387 g/mol. The van der Waals surface area contributed by atoms with Crippen molar-refractivity contribution >= 4 is 28.6 Å². The molecule has 0 aliphatic carbocycles. The molecule has 3 aromatic rings. The van der Waals surface area contributed by atoms with E-state index >= 15 is 0 Å². The number of carbonyl (C=O) groups excluding carboxylic acids is 1. The maximum Gasteiger partial charge on any atom is 0.270 e. The molecule has 6 nitrogen and oxygen atoms in total. The first kappa shape index (κ1) is 17.4. The van der Waals surface area contributed by atoms with Crippen LogP contribution in [0.3, 0.4) is 0 Å². The number of hydrogen-bond acceptors (Lipinski definition) is 6. The van der Waals surface area contributed by atoms with Crippen molar-refractivity contribution < 1.29 is 4.79 Å². The van der Waals surface area contributed by atoms with Gasteiger partial charge in [0.2, 0.25) is 0 Å². The van der Waals surface area contributed by atoms with Gasteiger partial charge in [0, 0.05) is 54.7 Å². The van der Waals surface area contributed by atoms with Crippen LogP contribution in [0.25, 0.3) is 10.6 Å². The van der Waals surface area contributed by atoms with Gasteiger partial charge in [-0.2, -0.15) is 5.10 Å². The maximum absolute atomic E-state index is 12.4. The van der Waals surface area contributed by atoms with E-state index in [-0.39, 0.29) is 5.91 Å². The van der Waals surface area contributed by atoms with Crippen LogP contribution in [-0.2, 0) is 20.0 Å². The molecule has 4 heterocycles. The van der Waals surface area contributed by atoms with Crippen molar-refractivity contribution in [1.29, 1.82) is 0 Å². The SMILES string of the molecule is C[C@H](CNC(=O)c1csc(-c2cnn(C)c2)n1)N1CCc2sccc2C1. The second-order valence-electron chi connectivity index (χ2n) is 6.59. The Bertz CT molecular complexity index is 912. The van der Waals surface area contributed by atoms with E-state index in [9.17, 15) is 4.79 Å². The Morgan fingerprint density at radius 2 is 2.31 bits per heavy atom. The van der Waals surface area contributed by atoms with Gasteiger partial charge in [-0.3, -0.25) is 14.4 Å². The first-order valence-electron chi connectivity index (χ1n) is 8.62. The highest BCUT2D eigenvalue weighted by Gasteiger charge is 2.22. The molecule has 26 heavy (non-hydrogen) atoms. The average molecular weight is 388 g/mol. The third-order valence-corrected chi connectivity index (χ3v) is 6.62. The summed E-state index contributed by atoms with van der Waals surface area (Å²) in [6, 6.07) is 2.51. The van der Waals surface area contributed by atoms with E-state index in [1.54, 1.807) is 16.3 Å². The molecule has 0 saturated carbocycles. The Morgan fingerprint density at radius 1 is 1.42 bits per heavy atom. The minimum atomic E-state index is -0.114. The van der Waals surface area contributed by atoms with Gasteiger partial charge in [-0.25, -0.2) is 4.98 Å². The van der Waals surface area contributed by atoms with Crippen LogP contribution in [-0.4, -0.2) is 44.7 Å². The van der Waals surface area contributed by atoms with Gasteiger partial charge < -0.3 is 5.32 Å². The zero-order valence-corrected chi connectivity index (χ0v) is 16.4. The molecule has 136 valence electrons. The molecule has 1 amide bonds. The van der Waals surface area contributed by atoms with Gasteiger partial charge >= 0.3 is 0 Å². The summed E-state index contributed by atoms with van der Waals surface area (Å²) in [6.45, 7) is 4.81. The second kappa shape index (κ2) is 7.30. The average Bonchev–Trinajstić information content (AvgIpc) is 3.38. The Kier molecular flexibility index (Phi) is 4.88. The van der Waals surface area contributed by atoms with Gasteiger partial charge in [0.05, 0.1) is 6.20 Å². The standard InChI is InChI=1S/C18H21N5OS2/c1-12(23-5-3-16-13(10-23)4-6-25-16)7-19-17(24)15-11-26-18(21-15)14-8-20-22(2)9-14/h4,6,8-9,11-12H,3,5,7,10H2,1-2H3,(H,19,24)/t12-/m1/s1. The van der Waals surface area contributed by atoms with E-state index < -0.39 is 0 Å². The summed E-state index contributed by atoms with van der Waals surface area (Å²) >= 11 is 3.31. The lowest BCUT2D eigenvalue weighted by molar-refractivity contribution is 0.0928. The first-order chi connectivity index (χ1) is 12.6. The predicted octanol–water partition coefficient (Wildman–Crippen LogP) is 2.78. The van der Waals surface area contributed by atoms with Crippen molar-refractivity contribution in [2.45, 2.75) is 25.9 Å².